The van der Waals surface area contributed by atoms with Crippen molar-refractivity contribution >= 4 is 43.4 Å². The van der Waals surface area contributed by atoms with E-state index in [-0.39, 0.29) is 6.10 Å². The molecule has 1 atom stereocenters. The summed E-state index contributed by atoms with van der Waals surface area (Å²) in [5.74, 6) is 2.41. The molecule has 0 bridgehead atoms. The van der Waals surface area contributed by atoms with Gasteiger partial charge in [-0.3, -0.25) is 0 Å². The highest BCUT2D eigenvalue weighted by atomic mass is 79.9. The predicted octanol–water partition coefficient (Wildman–Crippen LogP) is 4.25. The fourth-order valence-electron chi connectivity index (χ4n) is 2.28. The monoisotopic (exact) mass is 396 g/mol. The van der Waals surface area contributed by atoms with Gasteiger partial charge in [-0.05, 0) is 34.1 Å². The first-order chi connectivity index (χ1) is 9.70. The fourth-order valence-corrected chi connectivity index (χ4v) is 2.93. The van der Waals surface area contributed by atoms with E-state index in [4.69, 9.17) is 9.47 Å². The molecule has 1 aromatic heterocycles. The van der Waals surface area contributed by atoms with Crippen molar-refractivity contribution in [3.05, 3.63) is 39.4 Å². The maximum Gasteiger partial charge on any atom is 0.176 e. The quantitative estimate of drug-likeness (QED) is 0.710. The molecule has 4 rings (SSSR count). The molecule has 0 spiro atoms. The molecular formula is C14H10Br2N2O2. The van der Waals surface area contributed by atoms with E-state index in [0.29, 0.717) is 0 Å². The number of benzene rings is 1. The summed E-state index contributed by atoms with van der Waals surface area (Å²) in [4.78, 5) is 6.65. The fraction of sp³-hybridized carbons (Fsp3) is 0.214. The number of ether oxygens (including phenoxy) is 2. The highest BCUT2D eigenvalue weighted by molar-refractivity contribution is 9.10. The maximum atomic E-state index is 5.97. The number of aromatic nitrogens is 1. The number of fused-ring (bicyclic) bond motifs is 2. The zero-order valence-corrected chi connectivity index (χ0v) is 13.5. The van der Waals surface area contributed by atoms with Crippen LogP contribution in [-0.2, 0) is 4.74 Å². The average Bonchev–Trinajstić information content (AvgIpc) is 3.21. The lowest BCUT2D eigenvalue weighted by atomic mass is 10.2. The molecular weight excluding hydrogens is 388 g/mol. The molecule has 0 saturated carbocycles. The number of rotatable bonds is 2. The molecule has 1 fully saturated rings. The van der Waals surface area contributed by atoms with Crippen LogP contribution in [0.15, 0.2) is 39.4 Å². The van der Waals surface area contributed by atoms with Crippen molar-refractivity contribution in [2.45, 2.75) is 6.10 Å². The minimum atomic E-state index is 0.280. The molecule has 0 aliphatic carbocycles. The van der Waals surface area contributed by atoms with Crippen molar-refractivity contribution in [1.82, 2.24) is 4.98 Å². The Morgan fingerprint density at radius 1 is 1.20 bits per heavy atom. The highest BCUT2D eigenvalue weighted by Gasteiger charge is 2.32. The van der Waals surface area contributed by atoms with Gasteiger partial charge < -0.3 is 14.4 Å². The largest absolute Gasteiger partial charge is 0.451 e. The molecule has 2 aliphatic heterocycles. The smallest absolute Gasteiger partial charge is 0.176 e. The van der Waals surface area contributed by atoms with Crippen LogP contribution in [0.2, 0.25) is 0 Å². The van der Waals surface area contributed by atoms with Crippen LogP contribution in [0.4, 0.5) is 11.5 Å². The van der Waals surface area contributed by atoms with Gasteiger partial charge in [0.15, 0.2) is 17.3 Å². The zero-order valence-electron chi connectivity index (χ0n) is 10.3. The van der Waals surface area contributed by atoms with Gasteiger partial charge in [-0.15, -0.1) is 0 Å². The van der Waals surface area contributed by atoms with Gasteiger partial charge in [0.05, 0.1) is 24.9 Å². The third kappa shape index (κ3) is 2.21. The molecule has 3 heterocycles. The molecule has 0 N–H and O–H groups in total. The van der Waals surface area contributed by atoms with Gasteiger partial charge in [0, 0.05) is 21.2 Å². The number of pyridine rings is 1. The second kappa shape index (κ2) is 4.72. The van der Waals surface area contributed by atoms with Gasteiger partial charge in [0.25, 0.3) is 0 Å². The third-order valence-corrected chi connectivity index (χ3v) is 4.20. The minimum absolute atomic E-state index is 0.280. The van der Waals surface area contributed by atoms with E-state index in [9.17, 15) is 0 Å². The van der Waals surface area contributed by atoms with Crippen molar-refractivity contribution in [2.24, 2.45) is 0 Å². The summed E-state index contributed by atoms with van der Waals surface area (Å²) < 4.78 is 13.2. The number of hydrogen-bond acceptors (Lipinski definition) is 4. The van der Waals surface area contributed by atoms with Crippen LogP contribution in [0, 0.1) is 0 Å². The van der Waals surface area contributed by atoms with Crippen LogP contribution in [-0.4, -0.2) is 24.2 Å². The molecule has 4 nitrogen and oxygen atoms in total. The molecule has 2 aromatic rings. The summed E-state index contributed by atoms with van der Waals surface area (Å²) in [6.07, 6.45) is 2.06. The Kier molecular flexibility index (Phi) is 2.98. The van der Waals surface area contributed by atoms with E-state index in [2.05, 4.69) is 41.7 Å². The van der Waals surface area contributed by atoms with Crippen molar-refractivity contribution in [2.75, 3.05) is 18.1 Å². The summed E-state index contributed by atoms with van der Waals surface area (Å²) in [5, 5.41) is 0. The van der Waals surface area contributed by atoms with Crippen molar-refractivity contribution in [1.29, 1.82) is 0 Å². The van der Waals surface area contributed by atoms with E-state index in [1.807, 2.05) is 24.3 Å². The van der Waals surface area contributed by atoms with Gasteiger partial charge >= 0.3 is 0 Å². The average molecular weight is 398 g/mol. The van der Waals surface area contributed by atoms with E-state index in [1.54, 1.807) is 6.20 Å². The standard InChI is InChI=1S/C14H10Br2N2O2/c15-8-1-2-11-12(3-8)20-13-4-9(16)5-17-14(13)18(11)6-10-7-19-10/h1-5,10H,6-7H2. The lowest BCUT2D eigenvalue weighted by Crippen LogP contribution is -2.26. The topological polar surface area (TPSA) is 37.9 Å². The van der Waals surface area contributed by atoms with E-state index in [1.165, 1.54) is 0 Å². The third-order valence-electron chi connectivity index (χ3n) is 3.28. The molecule has 102 valence electrons. The van der Waals surface area contributed by atoms with E-state index >= 15 is 0 Å². The first-order valence-electron chi connectivity index (χ1n) is 6.23. The summed E-state index contributed by atoms with van der Waals surface area (Å²) >= 11 is 6.91. The molecule has 1 unspecified atom stereocenters. The zero-order chi connectivity index (χ0) is 13.7. The Balaban J connectivity index is 1.84. The summed E-state index contributed by atoms with van der Waals surface area (Å²) in [6, 6.07) is 7.95. The van der Waals surface area contributed by atoms with Gasteiger partial charge in [0.1, 0.15) is 0 Å². The molecule has 2 aliphatic rings. The number of epoxide rings is 1. The Labute approximate surface area is 133 Å². The number of hydrogen-bond donors (Lipinski definition) is 0. The second-order valence-electron chi connectivity index (χ2n) is 4.76. The minimum Gasteiger partial charge on any atom is -0.451 e. The molecule has 20 heavy (non-hydrogen) atoms. The maximum absolute atomic E-state index is 5.97. The Bertz CT molecular complexity index is 637. The van der Waals surface area contributed by atoms with Crippen LogP contribution in [0.1, 0.15) is 0 Å². The lowest BCUT2D eigenvalue weighted by Gasteiger charge is -2.31. The van der Waals surface area contributed by atoms with Crippen LogP contribution < -0.4 is 9.64 Å². The van der Waals surface area contributed by atoms with Crippen LogP contribution in [0.25, 0.3) is 0 Å². The highest BCUT2D eigenvalue weighted by Crippen LogP contribution is 2.47. The van der Waals surface area contributed by atoms with Gasteiger partial charge in [-0.25, -0.2) is 4.98 Å². The van der Waals surface area contributed by atoms with Crippen molar-refractivity contribution < 1.29 is 9.47 Å². The molecule has 1 saturated heterocycles. The Hall–Kier alpha value is -1.11. The van der Waals surface area contributed by atoms with Crippen LogP contribution >= 0.6 is 31.9 Å². The summed E-state index contributed by atoms with van der Waals surface area (Å²) in [7, 11) is 0. The van der Waals surface area contributed by atoms with Crippen LogP contribution in [0.5, 0.6) is 11.5 Å². The van der Waals surface area contributed by atoms with Crippen LogP contribution in [0.3, 0.4) is 0 Å². The SMILES string of the molecule is Brc1ccc2c(c1)Oc1cc(Br)cnc1N2CC1CO1. The van der Waals surface area contributed by atoms with E-state index < -0.39 is 0 Å². The van der Waals surface area contributed by atoms with Gasteiger partial charge in [-0.1, -0.05) is 15.9 Å². The molecule has 1 aromatic carbocycles. The predicted molar refractivity (Wildman–Crippen MR) is 82.9 cm³/mol. The van der Waals surface area contributed by atoms with Crippen molar-refractivity contribution in [3.8, 4) is 11.5 Å². The number of nitrogens with zero attached hydrogens (tertiary/aromatic N) is 2. The van der Waals surface area contributed by atoms with E-state index in [0.717, 1.165) is 45.1 Å². The molecule has 0 radical (unpaired) electrons. The lowest BCUT2D eigenvalue weighted by molar-refractivity contribution is 0.407. The Morgan fingerprint density at radius 3 is 2.80 bits per heavy atom. The number of halogens is 2. The molecule has 6 heteroatoms. The molecule has 0 amide bonds. The van der Waals surface area contributed by atoms with Gasteiger partial charge in [-0.2, -0.15) is 0 Å². The second-order valence-corrected chi connectivity index (χ2v) is 6.59. The van der Waals surface area contributed by atoms with Gasteiger partial charge in [0.2, 0.25) is 0 Å². The number of anilines is 2. The summed E-state index contributed by atoms with van der Waals surface area (Å²) in [6.45, 7) is 1.61. The normalized spacial score (nSPS) is 19.1. The first-order valence-corrected chi connectivity index (χ1v) is 7.81. The first kappa shape index (κ1) is 12.6. The summed E-state index contributed by atoms with van der Waals surface area (Å²) in [5.41, 5.74) is 1.02. The Morgan fingerprint density at radius 2 is 2.00 bits per heavy atom. The van der Waals surface area contributed by atoms with Crippen molar-refractivity contribution in [3.63, 3.8) is 0 Å².